The molecule has 0 aliphatic heterocycles. The van der Waals surface area contributed by atoms with Gasteiger partial charge in [-0.1, -0.05) is 0 Å². The third-order valence-electron chi connectivity index (χ3n) is 1.22. The highest BCUT2D eigenvalue weighted by molar-refractivity contribution is 5.93. The van der Waals surface area contributed by atoms with Gasteiger partial charge in [-0.15, -0.1) is 0 Å². The van der Waals surface area contributed by atoms with Crippen molar-refractivity contribution in [3.63, 3.8) is 0 Å². The van der Waals surface area contributed by atoms with Gasteiger partial charge >= 0.3 is 0 Å². The van der Waals surface area contributed by atoms with E-state index in [1.54, 1.807) is 13.2 Å². The maximum atomic E-state index is 10.9. The van der Waals surface area contributed by atoms with E-state index in [9.17, 15) is 4.79 Å². The normalized spacial score (nSPS) is 8.73. The predicted molar refractivity (Wildman–Crippen MR) is 36.3 cm³/mol. The van der Waals surface area contributed by atoms with Gasteiger partial charge in [0.25, 0.3) is 5.91 Å². The van der Waals surface area contributed by atoms with Crippen molar-refractivity contribution in [2.24, 2.45) is 7.05 Å². The molecule has 0 bridgehead atoms. The van der Waals surface area contributed by atoms with Crippen LogP contribution in [-0.2, 0) is 7.05 Å². The minimum absolute atomic E-state index is 0.367. The standard InChI is InChI=1S/C6H6N4O/c1-10-4-8-2-5(10)6(11)9-3-7/h2,4H,1H3,(H,9,11). The summed E-state index contributed by atoms with van der Waals surface area (Å²) in [5.74, 6) is -0.437. The Morgan fingerprint density at radius 1 is 1.91 bits per heavy atom. The summed E-state index contributed by atoms with van der Waals surface area (Å²) in [7, 11) is 1.68. The van der Waals surface area contributed by atoms with E-state index in [-0.39, 0.29) is 0 Å². The predicted octanol–water partition coefficient (Wildman–Crippen LogP) is -0.369. The van der Waals surface area contributed by atoms with E-state index in [2.05, 4.69) is 4.98 Å². The van der Waals surface area contributed by atoms with Crippen LogP contribution in [0.4, 0.5) is 0 Å². The van der Waals surface area contributed by atoms with Gasteiger partial charge in [0.2, 0.25) is 0 Å². The molecule has 0 fully saturated rings. The fourth-order valence-electron chi connectivity index (χ4n) is 0.691. The lowest BCUT2D eigenvalue weighted by Crippen LogP contribution is -2.19. The summed E-state index contributed by atoms with van der Waals surface area (Å²) in [5, 5.41) is 10.1. The Balaban J connectivity index is 2.86. The molecule has 0 unspecified atom stereocenters. The molecule has 0 saturated heterocycles. The van der Waals surface area contributed by atoms with Crippen LogP contribution in [0.3, 0.4) is 0 Å². The zero-order chi connectivity index (χ0) is 8.27. The molecule has 56 valence electrons. The average molecular weight is 150 g/mol. The third-order valence-corrected chi connectivity index (χ3v) is 1.22. The van der Waals surface area contributed by atoms with Crippen molar-refractivity contribution in [2.75, 3.05) is 0 Å². The highest BCUT2D eigenvalue weighted by Gasteiger charge is 2.07. The molecule has 0 aliphatic rings. The van der Waals surface area contributed by atoms with Crippen LogP contribution in [0.5, 0.6) is 0 Å². The maximum absolute atomic E-state index is 10.9. The van der Waals surface area contributed by atoms with E-state index in [1.165, 1.54) is 17.1 Å². The van der Waals surface area contributed by atoms with E-state index >= 15 is 0 Å². The lowest BCUT2D eigenvalue weighted by molar-refractivity contribution is 0.0965. The number of amides is 1. The second kappa shape index (κ2) is 2.84. The fraction of sp³-hybridized carbons (Fsp3) is 0.167. The summed E-state index contributed by atoms with van der Waals surface area (Å²) < 4.78 is 1.53. The summed E-state index contributed by atoms with van der Waals surface area (Å²) in [6.07, 6.45) is 4.43. The van der Waals surface area contributed by atoms with Crippen molar-refractivity contribution in [3.05, 3.63) is 18.2 Å². The van der Waals surface area contributed by atoms with Crippen molar-refractivity contribution >= 4 is 5.91 Å². The molecule has 1 N–H and O–H groups in total. The second-order valence-electron chi connectivity index (χ2n) is 1.96. The Bertz CT molecular complexity index is 309. The number of nitrogens with zero attached hydrogens (tertiary/aromatic N) is 3. The molecule has 0 saturated carbocycles. The molecule has 5 heteroatoms. The van der Waals surface area contributed by atoms with Gasteiger partial charge in [0.1, 0.15) is 5.69 Å². The van der Waals surface area contributed by atoms with Crippen LogP contribution < -0.4 is 5.32 Å². The first kappa shape index (κ1) is 7.28. The molecule has 1 heterocycles. The Morgan fingerprint density at radius 3 is 3.09 bits per heavy atom. The zero-order valence-corrected chi connectivity index (χ0v) is 5.90. The van der Waals surface area contributed by atoms with E-state index in [4.69, 9.17) is 5.26 Å². The molecule has 11 heavy (non-hydrogen) atoms. The van der Waals surface area contributed by atoms with Crippen molar-refractivity contribution in [3.8, 4) is 6.19 Å². The summed E-state index contributed by atoms with van der Waals surface area (Å²) in [6.45, 7) is 0. The maximum Gasteiger partial charge on any atom is 0.282 e. The van der Waals surface area contributed by atoms with E-state index < -0.39 is 5.91 Å². The van der Waals surface area contributed by atoms with Gasteiger partial charge in [-0.2, -0.15) is 5.26 Å². The van der Waals surface area contributed by atoms with Gasteiger partial charge < -0.3 is 4.57 Å². The highest BCUT2D eigenvalue weighted by atomic mass is 16.1. The van der Waals surface area contributed by atoms with Gasteiger partial charge in [-0.05, 0) is 0 Å². The van der Waals surface area contributed by atoms with Crippen molar-refractivity contribution in [1.82, 2.24) is 14.9 Å². The van der Waals surface area contributed by atoms with Crippen LogP contribution in [-0.4, -0.2) is 15.5 Å². The van der Waals surface area contributed by atoms with Gasteiger partial charge in [-0.3, -0.25) is 10.1 Å². The van der Waals surface area contributed by atoms with Crippen molar-refractivity contribution in [1.29, 1.82) is 5.26 Å². The Hall–Kier alpha value is -1.83. The summed E-state index contributed by atoms with van der Waals surface area (Å²) >= 11 is 0. The van der Waals surface area contributed by atoms with Crippen LogP contribution in [0.1, 0.15) is 10.5 Å². The second-order valence-corrected chi connectivity index (χ2v) is 1.96. The Kier molecular flexibility index (Phi) is 1.88. The molecule has 0 aliphatic carbocycles. The molecule has 0 aromatic carbocycles. The summed E-state index contributed by atoms with van der Waals surface area (Å²) in [6, 6.07) is 0. The van der Waals surface area contributed by atoms with Gasteiger partial charge in [0, 0.05) is 7.05 Å². The molecule has 0 spiro atoms. The molecule has 0 atom stereocenters. The molecular weight excluding hydrogens is 144 g/mol. The summed E-state index contributed by atoms with van der Waals surface area (Å²) in [5.41, 5.74) is 0.367. The monoisotopic (exact) mass is 150 g/mol. The molecule has 1 aromatic heterocycles. The largest absolute Gasteiger partial charge is 0.330 e. The number of nitrogens with one attached hydrogen (secondary N) is 1. The van der Waals surface area contributed by atoms with Gasteiger partial charge in [-0.25, -0.2) is 4.98 Å². The van der Waals surface area contributed by atoms with Crippen LogP contribution in [0.15, 0.2) is 12.5 Å². The van der Waals surface area contributed by atoms with Crippen LogP contribution in [0, 0.1) is 11.5 Å². The Labute approximate surface area is 63.3 Å². The van der Waals surface area contributed by atoms with Crippen molar-refractivity contribution < 1.29 is 4.79 Å². The SMILES string of the molecule is Cn1cncc1C(=O)NC#N. The minimum atomic E-state index is -0.437. The molecule has 0 radical (unpaired) electrons. The van der Waals surface area contributed by atoms with Crippen molar-refractivity contribution in [2.45, 2.75) is 0 Å². The van der Waals surface area contributed by atoms with Gasteiger partial charge in [0.15, 0.2) is 6.19 Å². The number of aromatic nitrogens is 2. The van der Waals surface area contributed by atoms with Gasteiger partial charge in [0.05, 0.1) is 12.5 Å². The first-order valence-corrected chi connectivity index (χ1v) is 2.91. The number of hydrogen-bond acceptors (Lipinski definition) is 3. The first-order chi connectivity index (χ1) is 5.25. The lowest BCUT2D eigenvalue weighted by Gasteiger charge is -1.95. The molecule has 5 nitrogen and oxygen atoms in total. The van der Waals surface area contributed by atoms with E-state index in [0.29, 0.717) is 5.69 Å². The number of imidazole rings is 1. The molecule has 1 rings (SSSR count). The summed E-state index contributed by atoms with van der Waals surface area (Å²) in [4.78, 5) is 14.6. The topological polar surface area (TPSA) is 70.7 Å². The van der Waals surface area contributed by atoms with Crippen LogP contribution >= 0.6 is 0 Å². The highest BCUT2D eigenvalue weighted by Crippen LogP contribution is 1.94. The molecule has 1 aromatic rings. The number of rotatable bonds is 1. The average Bonchev–Trinajstić information content (AvgIpc) is 2.36. The first-order valence-electron chi connectivity index (χ1n) is 2.91. The third kappa shape index (κ3) is 1.35. The fourth-order valence-corrected chi connectivity index (χ4v) is 0.691. The minimum Gasteiger partial charge on any atom is -0.330 e. The smallest absolute Gasteiger partial charge is 0.282 e. The Morgan fingerprint density at radius 2 is 2.64 bits per heavy atom. The lowest BCUT2D eigenvalue weighted by atomic mass is 10.4. The number of hydrogen-bond donors (Lipinski definition) is 1. The van der Waals surface area contributed by atoms with E-state index in [1.807, 2.05) is 5.32 Å². The molecule has 1 amide bonds. The zero-order valence-electron chi connectivity index (χ0n) is 5.90. The number of carbonyl (C=O) groups is 1. The number of carbonyl (C=O) groups excluding carboxylic acids is 1. The quantitative estimate of drug-likeness (QED) is 0.438. The van der Waals surface area contributed by atoms with Crippen LogP contribution in [0.25, 0.3) is 0 Å². The van der Waals surface area contributed by atoms with Crippen LogP contribution in [0.2, 0.25) is 0 Å². The van der Waals surface area contributed by atoms with E-state index in [0.717, 1.165) is 0 Å². The number of aryl methyl sites for hydroxylation is 1. The molecular formula is C6H6N4O. The number of nitriles is 1.